The number of nitrogens with zero attached hydrogens (tertiary/aromatic N) is 2. The molecule has 4 nitrogen and oxygen atoms in total. The van der Waals surface area contributed by atoms with Gasteiger partial charge in [-0.1, -0.05) is 24.6 Å². The van der Waals surface area contributed by atoms with Gasteiger partial charge in [-0.2, -0.15) is 13.2 Å². The van der Waals surface area contributed by atoms with E-state index >= 15 is 0 Å². The van der Waals surface area contributed by atoms with Gasteiger partial charge < -0.3 is 5.32 Å². The van der Waals surface area contributed by atoms with Crippen LogP contribution in [-0.4, -0.2) is 15.3 Å². The van der Waals surface area contributed by atoms with Crippen molar-refractivity contribution in [3.8, 4) is 0 Å². The largest absolute Gasteiger partial charge is 0.417 e. The molecule has 142 valence electrons. The maximum absolute atomic E-state index is 13.2. The number of anilines is 1. The molecular weight excluding hydrogens is 379 g/mol. The van der Waals surface area contributed by atoms with Gasteiger partial charge in [-0.3, -0.25) is 9.20 Å². The number of halogens is 4. The van der Waals surface area contributed by atoms with Crippen molar-refractivity contribution < 1.29 is 18.0 Å². The van der Waals surface area contributed by atoms with Gasteiger partial charge in [0.15, 0.2) is 5.65 Å². The summed E-state index contributed by atoms with van der Waals surface area (Å²) in [5.74, 6) is -0.544. The predicted molar refractivity (Wildman–Crippen MR) is 98.5 cm³/mol. The van der Waals surface area contributed by atoms with Crippen LogP contribution in [0.25, 0.3) is 5.65 Å². The maximum Gasteiger partial charge on any atom is 0.417 e. The molecule has 0 atom stereocenters. The molecule has 0 saturated carbocycles. The Morgan fingerprint density at radius 2 is 1.93 bits per heavy atom. The van der Waals surface area contributed by atoms with E-state index in [1.165, 1.54) is 0 Å². The summed E-state index contributed by atoms with van der Waals surface area (Å²) >= 11 is 6.00. The number of carbonyl (C=O) groups is 1. The SMILES string of the molecule is CCc1nc2c(Cl)cc(C(F)(F)F)cn2c1C(=O)Nc1ccc(C)c(C)c1. The van der Waals surface area contributed by atoms with Crippen molar-refractivity contribution in [3.63, 3.8) is 0 Å². The monoisotopic (exact) mass is 395 g/mol. The number of alkyl halides is 3. The zero-order valence-electron chi connectivity index (χ0n) is 14.9. The molecule has 0 saturated heterocycles. The summed E-state index contributed by atoms with van der Waals surface area (Å²) in [5, 5.41) is 2.57. The fraction of sp³-hybridized carbons (Fsp3) is 0.263. The fourth-order valence-electron chi connectivity index (χ4n) is 2.80. The van der Waals surface area contributed by atoms with Gasteiger partial charge >= 0.3 is 6.18 Å². The summed E-state index contributed by atoms with van der Waals surface area (Å²) in [4.78, 5) is 17.1. The van der Waals surface area contributed by atoms with E-state index in [1.54, 1.807) is 19.1 Å². The number of hydrogen-bond donors (Lipinski definition) is 1. The summed E-state index contributed by atoms with van der Waals surface area (Å²) in [6.07, 6.45) is -3.37. The van der Waals surface area contributed by atoms with Gasteiger partial charge in [0.05, 0.1) is 16.3 Å². The van der Waals surface area contributed by atoms with Crippen LogP contribution in [0.2, 0.25) is 5.02 Å². The van der Waals surface area contributed by atoms with Gasteiger partial charge in [0.1, 0.15) is 5.69 Å². The number of carbonyl (C=O) groups excluding carboxylic acids is 1. The second-order valence-corrected chi connectivity index (χ2v) is 6.69. The first kappa shape index (κ1) is 19.2. The van der Waals surface area contributed by atoms with Gasteiger partial charge in [-0.25, -0.2) is 4.98 Å². The highest BCUT2D eigenvalue weighted by molar-refractivity contribution is 6.33. The van der Waals surface area contributed by atoms with Gasteiger partial charge in [0.25, 0.3) is 5.91 Å². The Morgan fingerprint density at radius 3 is 2.52 bits per heavy atom. The van der Waals surface area contributed by atoms with Crippen molar-refractivity contribution in [1.29, 1.82) is 0 Å². The van der Waals surface area contributed by atoms with Gasteiger partial charge in [-0.05, 0) is 49.6 Å². The molecule has 27 heavy (non-hydrogen) atoms. The minimum absolute atomic E-state index is 0.0405. The Kier molecular flexibility index (Phi) is 4.90. The second kappa shape index (κ2) is 6.88. The molecule has 0 fully saturated rings. The van der Waals surface area contributed by atoms with E-state index in [4.69, 9.17) is 11.6 Å². The molecular formula is C19H17ClF3N3O. The highest BCUT2D eigenvalue weighted by Crippen LogP contribution is 2.33. The Balaban J connectivity index is 2.12. The van der Waals surface area contributed by atoms with E-state index in [2.05, 4.69) is 10.3 Å². The van der Waals surface area contributed by atoms with E-state index in [0.717, 1.165) is 27.8 Å². The highest BCUT2D eigenvalue weighted by atomic mass is 35.5. The number of nitrogens with one attached hydrogen (secondary N) is 1. The van der Waals surface area contributed by atoms with Gasteiger partial charge in [0, 0.05) is 11.9 Å². The van der Waals surface area contributed by atoms with Gasteiger partial charge in [-0.15, -0.1) is 0 Å². The topological polar surface area (TPSA) is 46.4 Å². The van der Waals surface area contributed by atoms with Crippen molar-refractivity contribution in [2.45, 2.75) is 33.4 Å². The summed E-state index contributed by atoms with van der Waals surface area (Å²) in [7, 11) is 0. The number of rotatable bonds is 3. The van der Waals surface area contributed by atoms with Crippen LogP contribution in [0.3, 0.4) is 0 Å². The average Bonchev–Trinajstić information content (AvgIpc) is 2.96. The fourth-order valence-corrected chi connectivity index (χ4v) is 3.05. The highest BCUT2D eigenvalue weighted by Gasteiger charge is 2.33. The molecule has 0 unspecified atom stereocenters. The molecule has 1 amide bonds. The van der Waals surface area contributed by atoms with Crippen LogP contribution in [0.5, 0.6) is 0 Å². The molecule has 0 aliphatic carbocycles. The Morgan fingerprint density at radius 1 is 1.22 bits per heavy atom. The lowest BCUT2D eigenvalue weighted by Crippen LogP contribution is -2.17. The molecule has 3 aromatic rings. The van der Waals surface area contributed by atoms with E-state index in [0.29, 0.717) is 17.8 Å². The molecule has 1 N–H and O–H groups in total. The molecule has 0 aliphatic heterocycles. The third kappa shape index (κ3) is 3.64. The average molecular weight is 396 g/mol. The molecule has 2 aromatic heterocycles. The van der Waals surface area contributed by atoms with Crippen LogP contribution >= 0.6 is 11.6 Å². The minimum atomic E-state index is -4.59. The van der Waals surface area contributed by atoms with E-state index in [9.17, 15) is 18.0 Å². The zero-order valence-corrected chi connectivity index (χ0v) is 15.7. The number of imidazole rings is 1. The number of amides is 1. The summed E-state index contributed by atoms with van der Waals surface area (Å²) in [5.41, 5.74) is 2.20. The molecule has 2 heterocycles. The quantitative estimate of drug-likeness (QED) is 0.642. The zero-order chi connectivity index (χ0) is 19.9. The van der Waals surface area contributed by atoms with Gasteiger partial charge in [0.2, 0.25) is 0 Å². The van der Waals surface area contributed by atoms with Crippen LogP contribution < -0.4 is 5.32 Å². The lowest BCUT2D eigenvalue weighted by Gasteiger charge is -2.11. The Bertz CT molecular complexity index is 1040. The van der Waals surface area contributed by atoms with E-state index in [1.807, 2.05) is 19.9 Å². The lowest BCUT2D eigenvalue weighted by atomic mass is 10.1. The normalized spacial score (nSPS) is 11.8. The summed E-state index contributed by atoms with van der Waals surface area (Å²) < 4.78 is 40.6. The van der Waals surface area contributed by atoms with Crippen molar-refractivity contribution in [2.24, 2.45) is 0 Å². The predicted octanol–water partition coefficient (Wildman–Crippen LogP) is 5.44. The first-order chi connectivity index (χ1) is 12.6. The van der Waals surface area contributed by atoms with Crippen molar-refractivity contribution in [2.75, 3.05) is 5.32 Å². The number of hydrogen-bond acceptors (Lipinski definition) is 2. The summed E-state index contributed by atoms with van der Waals surface area (Å²) in [6.45, 7) is 5.63. The number of pyridine rings is 1. The van der Waals surface area contributed by atoms with Crippen LogP contribution in [-0.2, 0) is 12.6 Å². The molecule has 0 aliphatic rings. The summed E-state index contributed by atoms with van der Waals surface area (Å²) in [6, 6.07) is 6.21. The number of aryl methyl sites for hydroxylation is 3. The third-order valence-corrected chi connectivity index (χ3v) is 4.67. The second-order valence-electron chi connectivity index (χ2n) is 6.28. The third-order valence-electron chi connectivity index (χ3n) is 4.39. The Labute approximate surface area is 159 Å². The van der Waals surface area contributed by atoms with Crippen LogP contribution in [0.15, 0.2) is 30.5 Å². The Hall–Kier alpha value is -2.54. The van der Waals surface area contributed by atoms with Crippen LogP contribution in [0.1, 0.15) is 39.8 Å². The van der Waals surface area contributed by atoms with Crippen molar-refractivity contribution in [3.05, 3.63) is 63.6 Å². The van der Waals surface area contributed by atoms with Crippen LogP contribution in [0, 0.1) is 13.8 Å². The number of benzene rings is 1. The van der Waals surface area contributed by atoms with E-state index < -0.39 is 17.6 Å². The molecule has 1 aromatic carbocycles. The maximum atomic E-state index is 13.2. The number of aromatic nitrogens is 2. The molecule has 0 bridgehead atoms. The lowest BCUT2D eigenvalue weighted by molar-refractivity contribution is -0.137. The molecule has 8 heteroatoms. The molecule has 3 rings (SSSR count). The standard InChI is InChI=1S/C19H17ClF3N3O/c1-4-15-16(18(27)24-13-6-5-10(2)11(3)7-13)26-9-12(19(21,22)23)8-14(20)17(26)25-15/h5-9H,4H2,1-3H3,(H,24,27). The number of fused-ring (bicyclic) bond motifs is 1. The van der Waals surface area contributed by atoms with E-state index in [-0.39, 0.29) is 16.4 Å². The molecule has 0 spiro atoms. The first-order valence-electron chi connectivity index (χ1n) is 8.28. The minimum Gasteiger partial charge on any atom is -0.321 e. The van der Waals surface area contributed by atoms with Crippen LogP contribution in [0.4, 0.5) is 18.9 Å². The molecule has 0 radical (unpaired) electrons. The smallest absolute Gasteiger partial charge is 0.321 e. The van der Waals surface area contributed by atoms with Crippen molar-refractivity contribution in [1.82, 2.24) is 9.38 Å². The first-order valence-corrected chi connectivity index (χ1v) is 8.66. The van der Waals surface area contributed by atoms with Crippen molar-refractivity contribution >= 4 is 28.8 Å².